The Hall–Kier alpha value is -2.57. The lowest BCUT2D eigenvalue weighted by atomic mass is 10.1. The van der Waals surface area contributed by atoms with E-state index in [4.69, 9.17) is 4.55 Å². The predicted molar refractivity (Wildman–Crippen MR) is 85.2 cm³/mol. The van der Waals surface area contributed by atoms with Crippen LogP contribution < -0.4 is 5.32 Å². The third kappa shape index (κ3) is 2.88. The highest BCUT2D eigenvalue weighted by atomic mass is 32.2. The summed E-state index contributed by atoms with van der Waals surface area (Å²) in [5.74, 6) is 0.120. The molecule has 0 amide bonds. The molecule has 22 heavy (non-hydrogen) atoms. The van der Waals surface area contributed by atoms with Crippen LogP contribution in [0.1, 0.15) is 0 Å². The number of aromatic hydroxyl groups is 1. The molecule has 0 heterocycles. The lowest BCUT2D eigenvalue weighted by Gasteiger charge is -2.09. The molecule has 3 aromatic rings. The zero-order valence-corrected chi connectivity index (χ0v) is 12.2. The molecule has 0 aliphatic heterocycles. The molecule has 5 nitrogen and oxygen atoms in total. The van der Waals surface area contributed by atoms with Gasteiger partial charge in [-0.3, -0.25) is 4.55 Å². The lowest BCUT2D eigenvalue weighted by molar-refractivity contribution is 0.477. The highest BCUT2D eigenvalue weighted by molar-refractivity contribution is 7.85. The number of nitrogens with one attached hydrogen (secondary N) is 1. The molecule has 0 unspecified atom stereocenters. The molecule has 0 bridgehead atoms. The molecule has 3 rings (SSSR count). The first-order valence-corrected chi connectivity index (χ1v) is 7.94. The second kappa shape index (κ2) is 5.32. The average molecular weight is 315 g/mol. The summed E-state index contributed by atoms with van der Waals surface area (Å²) >= 11 is 0. The fourth-order valence-electron chi connectivity index (χ4n) is 2.20. The van der Waals surface area contributed by atoms with Crippen LogP contribution in [0.4, 0.5) is 11.4 Å². The van der Waals surface area contributed by atoms with Gasteiger partial charge in [0.1, 0.15) is 5.75 Å². The molecule has 0 fully saturated rings. The Labute approximate surface area is 127 Å². The van der Waals surface area contributed by atoms with E-state index in [1.54, 1.807) is 36.4 Å². The van der Waals surface area contributed by atoms with E-state index in [1.807, 2.05) is 12.1 Å². The fourth-order valence-corrected chi connectivity index (χ4v) is 2.71. The third-order valence-corrected chi connectivity index (χ3v) is 4.14. The summed E-state index contributed by atoms with van der Waals surface area (Å²) in [6, 6.07) is 16.6. The Morgan fingerprint density at radius 3 is 2.32 bits per heavy atom. The summed E-state index contributed by atoms with van der Waals surface area (Å²) in [5, 5.41) is 14.3. The van der Waals surface area contributed by atoms with Gasteiger partial charge in [-0.15, -0.1) is 0 Å². The van der Waals surface area contributed by atoms with Crippen LogP contribution in [0.3, 0.4) is 0 Å². The van der Waals surface area contributed by atoms with Crippen LogP contribution in [0.5, 0.6) is 5.75 Å². The van der Waals surface area contributed by atoms with Crippen molar-refractivity contribution in [2.24, 2.45) is 0 Å². The smallest absolute Gasteiger partial charge is 0.294 e. The molecular formula is C16H13NO4S. The van der Waals surface area contributed by atoms with E-state index >= 15 is 0 Å². The minimum absolute atomic E-state index is 0.120. The van der Waals surface area contributed by atoms with Crippen molar-refractivity contribution in [3.63, 3.8) is 0 Å². The summed E-state index contributed by atoms with van der Waals surface area (Å²) in [6.07, 6.45) is 0. The topological polar surface area (TPSA) is 86.6 Å². The summed E-state index contributed by atoms with van der Waals surface area (Å²) in [5.41, 5.74) is 1.24. The minimum Gasteiger partial charge on any atom is -0.506 e. The van der Waals surface area contributed by atoms with Crippen molar-refractivity contribution in [2.75, 3.05) is 5.32 Å². The standard InChI is InChI=1S/C16H13NO4S/c18-16-4-2-1-3-15(16)17-13-7-5-11-6-8-14(22(19,20)21)10-12(11)9-13/h1-10,17-18H,(H,19,20,21). The van der Waals surface area contributed by atoms with Crippen molar-refractivity contribution in [1.29, 1.82) is 0 Å². The van der Waals surface area contributed by atoms with Crippen LogP contribution in [0.25, 0.3) is 10.8 Å². The van der Waals surface area contributed by atoms with E-state index in [0.717, 1.165) is 5.39 Å². The van der Waals surface area contributed by atoms with Gasteiger partial charge >= 0.3 is 0 Å². The van der Waals surface area contributed by atoms with Gasteiger partial charge in [-0.25, -0.2) is 0 Å². The number of benzene rings is 3. The first kappa shape index (κ1) is 14.4. The van der Waals surface area contributed by atoms with E-state index in [9.17, 15) is 13.5 Å². The fraction of sp³-hybridized carbons (Fsp3) is 0. The molecule has 0 saturated heterocycles. The van der Waals surface area contributed by atoms with Crippen molar-refractivity contribution < 1.29 is 18.1 Å². The van der Waals surface area contributed by atoms with Gasteiger partial charge in [-0.05, 0) is 47.2 Å². The normalized spacial score (nSPS) is 11.5. The van der Waals surface area contributed by atoms with Crippen molar-refractivity contribution >= 4 is 32.3 Å². The maximum Gasteiger partial charge on any atom is 0.294 e. The molecule has 0 atom stereocenters. The third-order valence-electron chi connectivity index (χ3n) is 3.29. The molecule has 0 spiro atoms. The van der Waals surface area contributed by atoms with Crippen molar-refractivity contribution in [2.45, 2.75) is 4.90 Å². The van der Waals surface area contributed by atoms with Crippen LogP contribution >= 0.6 is 0 Å². The number of phenolic OH excluding ortho intramolecular Hbond substituents is 1. The maximum atomic E-state index is 11.2. The van der Waals surface area contributed by atoms with Crippen LogP contribution in [-0.4, -0.2) is 18.1 Å². The zero-order chi connectivity index (χ0) is 15.7. The molecule has 3 N–H and O–H groups in total. The van der Waals surface area contributed by atoms with Crippen molar-refractivity contribution in [3.8, 4) is 5.75 Å². The number of anilines is 2. The number of phenols is 1. The number of hydrogen-bond acceptors (Lipinski definition) is 4. The molecule has 0 saturated carbocycles. The van der Waals surface area contributed by atoms with Gasteiger partial charge < -0.3 is 10.4 Å². The molecule has 0 radical (unpaired) electrons. The largest absolute Gasteiger partial charge is 0.506 e. The summed E-state index contributed by atoms with van der Waals surface area (Å²) in [6.45, 7) is 0. The molecular weight excluding hydrogens is 302 g/mol. The summed E-state index contributed by atoms with van der Waals surface area (Å²) in [4.78, 5) is -0.153. The van der Waals surface area contributed by atoms with Crippen molar-refractivity contribution in [1.82, 2.24) is 0 Å². The van der Waals surface area contributed by atoms with Gasteiger partial charge in [0, 0.05) is 5.69 Å². The number of rotatable bonds is 3. The Kier molecular flexibility index (Phi) is 3.48. The summed E-state index contributed by atoms with van der Waals surface area (Å²) in [7, 11) is -4.23. The lowest BCUT2D eigenvalue weighted by Crippen LogP contribution is -1.97. The highest BCUT2D eigenvalue weighted by Gasteiger charge is 2.10. The molecule has 0 aromatic heterocycles. The second-order valence-corrected chi connectivity index (χ2v) is 6.26. The van der Waals surface area contributed by atoms with Gasteiger partial charge in [0.05, 0.1) is 10.6 Å². The molecule has 0 aliphatic rings. The Balaban J connectivity index is 2.03. The van der Waals surface area contributed by atoms with Crippen LogP contribution in [0.15, 0.2) is 65.6 Å². The van der Waals surface area contributed by atoms with Gasteiger partial charge in [-0.2, -0.15) is 8.42 Å². The molecule has 0 aliphatic carbocycles. The Morgan fingerprint density at radius 2 is 1.59 bits per heavy atom. The van der Waals surface area contributed by atoms with E-state index in [1.165, 1.54) is 12.1 Å². The van der Waals surface area contributed by atoms with Crippen LogP contribution in [-0.2, 0) is 10.1 Å². The Bertz CT molecular complexity index is 951. The van der Waals surface area contributed by atoms with Gasteiger partial charge in [0.25, 0.3) is 10.1 Å². The van der Waals surface area contributed by atoms with E-state index in [-0.39, 0.29) is 10.6 Å². The average Bonchev–Trinajstić information content (AvgIpc) is 2.48. The van der Waals surface area contributed by atoms with Gasteiger partial charge in [0.2, 0.25) is 0 Å². The Morgan fingerprint density at radius 1 is 0.864 bits per heavy atom. The maximum absolute atomic E-state index is 11.2. The first-order chi connectivity index (χ1) is 10.4. The number of fused-ring (bicyclic) bond motifs is 1. The van der Waals surface area contributed by atoms with Gasteiger partial charge in [0.15, 0.2) is 0 Å². The monoisotopic (exact) mass is 315 g/mol. The molecule has 3 aromatic carbocycles. The minimum atomic E-state index is -4.23. The number of para-hydroxylation sites is 2. The van der Waals surface area contributed by atoms with Gasteiger partial charge in [-0.1, -0.05) is 24.3 Å². The summed E-state index contributed by atoms with van der Waals surface area (Å²) < 4.78 is 31.5. The van der Waals surface area contributed by atoms with E-state index in [0.29, 0.717) is 16.8 Å². The SMILES string of the molecule is O=S(=O)(O)c1ccc2ccc(Nc3ccccc3O)cc2c1. The van der Waals surface area contributed by atoms with Crippen molar-refractivity contribution in [3.05, 3.63) is 60.7 Å². The predicted octanol–water partition coefficient (Wildman–Crippen LogP) is 3.54. The van der Waals surface area contributed by atoms with Crippen LogP contribution in [0.2, 0.25) is 0 Å². The molecule has 112 valence electrons. The van der Waals surface area contributed by atoms with E-state index in [2.05, 4.69) is 5.32 Å². The second-order valence-electron chi connectivity index (χ2n) is 4.84. The first-order valence-electron chi connectivity index (χ1n) is 6.50. The number of hydrogen-bond donors (Lipinski definition) is 3. The zero-order valence-electron chi connectivity index (χ0n) is 11.4. The van der Waals surface area contributed by atoms with Crippen LogP contribution in [0, 0.1) is 0 Å². The van der Waals surface area contributed by atoms with E-state index < -0.39 is 10.1 Å². The molecule has 6 heteroatoms. The quantitative estimate of drug-likeness (QED) is 0.508. The highest BCUT2D eigenvalue weighted by Crippen LogP contribution is 2.28.